The maximum atomic E-state index is 6.14. The van der Waals surface area contributed by atoms with Crippen molar-refractivity contribution in [3.63, 3.8) is 0 Å². The Balaban J connectivity index is 2.30. The normalized spacial score (nSPS) is 19.0. The van der Waals surface area contributed by atoms with Crippen molar-refractivity contribution in [2.75, 3.05) is 32.3 Å². The van der Waals surface area contributed by atoms with Crippen LogP contribution in [0.1, 0.15) is 25.0 Å². The Morgan fingerprint density at radius 1 is 1.26 bits per heavy atom. The molecule has 1 aliphatic heterocycles. The highest BCUT2D eigenvalue weighted by Gasteiger charge is 2.37. The summed E-state index contributed by atoms with van der Waals surface area (Å²) in [7, 11) is 3.30. The van der Waals surface area contributed by atoms with E-state index in [1.54, 1.807) is 14.2 Å². The Hall–Kier alpha value is -2.87. The van der Waals surface area contributed by atoms with Gasteiger partial charge in [0.05, 0.1) is 30.8 Å². The standard InChI is InChI=1S/C23H28ClN5O2/c1-15-23(3,26-12-13-30-4)27-22(17-6-8-18(24)9-7-17)20-14-19(31-5)10-11-21(20)29(15)16(2)28-25/h6-11,14,26H,1,12-13,25H2,2-5H3/b28-16-. The Morgan fingerprint density at radius 3 is 2.58 bits per heavy atom. The first-order valence-corrected chi connectivity index (χ1v) is 10.2. The van der Waals surface area contributed by atoms with Gasteiger partial charge in [0, 0.05) is 29.8 Å². The lowest BCUT2D eigenvalue weighted by molar-refractivity contribution is 0.191. The topological polar surface area (TPSA) is 84.5 Å². The Morgan fingerprint density at radius 2 is 1.97 bits per heavy atom. The van der Waals surface area contributed by atoms with E-state index in [0.717, 1.165) is 22.5 Å². The number of anilines is 1. The molecule has 0 saturated heterocycles. The van der Waals surface area contributed by atoms with Crippen molar-refractivity contribution in [3.05, 3.63) is 70.9 Å². The summed E-state index contributed by atoms with van der Waals surface area (Å²) in [5, 5.41) is 8.07. The van der Waals surface area contributed by atoms with Crippen LogP contribution >= 0.6 is 11.6 Å². The smallest absolute Gasteiger partial charge is 0.149 e. The maximum Gasteiger partial charge on any atom is 0.149 e. The molecule has 8 heteroatoms. The van der Waals surface area contributed by atoms with Crippen LogP contribution < -0.4 is 20.8 Å². The molecule has 7 nitrogen and oxygen atoms in total. The van der Waals surface area contributed by atoms with E-state index in [4.69, 9.17) is 31.9 Å². The van der Waals surface area contributed by atoms with Crippen LogP contribution in [-0.4, -0.2) is 44.6 Å². The molecule has 2 aromatic rings. The molecule has 0 aromatic heterocycles. The zero-order valence-corrected chi connectivity index (χ0v) is 19.0. The second-order valence-electron chi connectivity index (χ2n) is 7.30. The number of halogens is 1. The van der Waals surface area contributed by atoms with Gasteiger partial charge >= 0.3 is 0 Å². The summed E-state index contributed by atoms with van der Waals surface area (Å²) >= 11 is 6.14. The molecule has 1 atom stereocenters. The van der Waals surface area contributed by atoms with Gasteiger partial charge in [-0.25, -0.2) is 0 Å². The SMILES string of the molecule is C=C1N(/C(C)=N\N)c2ccc(OC)cc2C(c2ccc(Cl)cc2)=NC1(C)NCCOC. The third-order valence-corrected chi connectivity index (χ3v) is 5.52. The minimum atomic E-state index is -0.855. The molecule has 1 unspecified atom stereocenters. The van der Waals surface area contributed by atoms with Gasteiger partial charge in [-0.1, -0.05) is 30.3 Å². The fourth-order valence-electron chi connectivity index (χ4n) is 3.53. The summed E-state index contributed by atoms with van der Waals surface area (Å²) in [5.41, 5.74) is 3.23. The quantitative estimate of drug-likeness (QED) is 0.234. The molecule has 31 heavy (non-hydrogen) atoms. The van der Waals surface area contributed by atoms with Gasteiger partial charge in [0.15, 0.2) is 0 Å². The average Bonchev–Trinajstić information content (AvgIpc) is 2.87. The predicted octanol–water partition coefficient (Wildman–Crippen LogP) is 3.76. The molecule has 0 saturated carbocycles. The molecular weight excluding hydrogens is 414 g/mol. The number of amidine groups is 1. The van der Waals surface area contributed by atoms with Crippen molar-refractivity contribution in [1.29, 1.82) is 0 Å². The van der Waals surface area contributed by atoms with E-state index in [9.17, 15) is 0 Å². The van der Waals surface area contributed by atoms with Crippen LogP contribution in [0, 0.1) is 0 Å². The number of ether oxygens (including phenoxy) is 2. The number of fused-ring (bicyclic) bond motifs is 1. The van der Waals surface area contributed by atoms with Crippen LogP contribution in [-0.2, 0) is 4.74 Å². The molecule has 3 rings (SSSR count). The number of nitrogens with one attached hydrogen (secondary N) is 1. The number of hydrogen-bond acceptors (Lipinski definition) is 6. The number of benzene rings is 2. The number of nitrogens with two attached hydrogens (primary N) is 1. The minimum Gasteiger partial charge on any atom is -0.497 e. The van der Waals surface area contributed by atoms with E-state index in [-0.39, 0.29) is 0 Å². The largest absolute Gasteiger partial charge is 0.497 e. The predicted molar refractivity (Wildman–Crippen MR) is 127 cm³/mol. The molecule has 1 heterocycles. The van der Waals surface area contributed by atoms with Crippen molar-refractivity contribution in [2.45, 2.75) is 19.5 Å². The highest BCUT2D eigenvalue weighted by Crippen LogP contribution is 2.38. The Labute approximate surface area is 188 Å². The Kier molecular flexibility index (Phi) is 7.00. The molecule has 164 valence electrons. The first-order valence-electron chi connectivity index (χ1n) is 9.86. The van der Waals surface area contributed by atoms with Gasteiger partial charge in [0.1, 0.15) is 17.2 Å². The second kappa shape index (κ2) is 9.51. The zero-order chi connectivity index (χ0) is 22.6. The summed E-state index contributed by atoms with van der Waals surface area (Å²) in [5.74, 6) is 6.99. The zero-order valence-electron chi connectivity index (χ0n) is 18.3. The van der Waals surface area contributed by atoms with Crippen molar-refractivity contribution in [3.8, 4) is 5.75 Å². The molecule has 0 bridgehead atoms. The van der Waals surface area contributed by atoms with Crippen LogP contribution in [0.15, 0.2) is 64.8 Å². The lowest BCUT2D eigenvalue weighted by Crippen LogP contribution is -2.49. The summed E-state index contributed by atoms with van der Waals surface area (Å²) in [6, 6.07) is 13.4. The first-order chi connectivity index (χ1) is 14.8. The van der Waals surface area contributed by atoms with Crippen LogP contribution in [0.25, 0.3) is 0 Å². The third kappa shape index (κ3) is 4.58. The number of aliphatic imine (C=N–C) groups is 1. The lowest BCUT2D eigenvalue weighted by atomic mass is 9.99. The van der Waals surface area contributed by atoms with Gasteiger partial charge in [-0.05, 0) is 44.2 Å². The summed E-state index contributed by atoms with van der Waals surface area (Å²) < 4.78 is 10.7. The van der Waals surface area contributed by atoms with Gasteiger partial charge < -0.3 is 15.3 Å². The fraction of sp³-hybridized carbons (Fsp3) is 0.304. The van der Waals surface area contributed by atoms with Crippen molar-refractivity contribution in [2.24, 2.45) is 15.9 Å². The van der Waals surface area contributed by atoms with Crippen LogP contribution in [0.2, 0.25) is 5.02 Å². The number of benzodiazepines with no additional fused rings is 1. The third-order valence-electron chi connectivity index (χ3n) is 5.27. The van der Waals surface area contributed by atoms with E-state index in [0.29, 0.717) is 35.5 Å². The highest BCUT2D eigenvalue weighted by molar-refractivity contribution is 6.30. The summed E-state index contributed by atoms with van der Waals surface area (Å²) in [6.45, 7) is 9.28. The average molecular weight is 442 g/mol. The fourth-order valence-corrected chi connectivity index (χ4v) is 3.66. The summed E-state index contributed by atoms with van der Waals surface area (Å²) in [6.07, 6.45) is 0. The van der Waals surface area contributed by atoms with E-state index in [1.165, 1.54) is 0 Å². The second-order valence-corrected chi connectivity index (χ2v) is 7.74. The molecule has 0 amide bonds. The van der Waals surface area contributed by atoms with Gasteiger partial charge in [-0.15, -0.1) is 0 Å². The number of rotatable bonds is 6. The van der Waals surface area contributed by atoms with Gasteiger partial charge in [0.25, 0.3) is 0 Å². The van der Waals surface area contributed by atoms with Crippen molar-refractivity contribution >= 4 is 28.8 Å². The van der Waals surface area contributed by atoms with Crippen molar-refractivity contribution < 1.29 is 9.47 Å². The molecule has 0 fully saturated rings. The number of hydrazone groups is 1. The first kappa shape index (κ1) is 22.8. The molecule has 0 spiro atoms. The molecular formula is C23H28ClN5O2. The number of hydrogen-bond donors (Lipinski definition) is 2. The van der Waals surface area contributed by atoms with E-state index < -0.39 is 5.66 Å². The van der Waals surface area contributed by atoms with Gasteiger partial charge in [0.2, 0.25) is 0 Å². The molecule has 0 aliphatic carbocycles. The highest BCUT2D eigenvalue weighted by atomic mass is 35.5. The van der Waals surface area contributed by atoms with Crippen LogP contribution in [0.3, 0.4) is 0 Å². The van der Waals surface area contributed by atoms with Crippen molar-refractivity contribution in [1.82, 2.24) is 5.32 Å². The minimum absolute atomic E-state index is 0.527. The van der Waals surface area contributed by atoms with E-state index >= 15 is 0 Å². The Bertz CT molecular complexity index is 1020. The number of methoxy groups -OCH3 is 2. The van der Waals surface area contributed by atoms with Gasteiger partial charge in [-0.2, -0.15) is 5.10 Å². The van der Waals surface area contributed by atoms with E-state index in [2.05, 4.69) is 17.0 Å². The number of nitrogens with zero attached hydrogens (tertiary/aromatic N) is 3. The summed E-state index contributed by atoms with van der Waals surface area (Å²) in [4.78, 5) is 7.08. The van der Waals surface area contributed by atoms with Crippen LogP contribution in [0.5, 0.6) is 5.75 Å². The molecule has 2 aromatic carbocycles. The van der Waals surface area contributed by atoms with E-state index in [1.807, 2.05) is 61.2 Å². The maximum absolute atomic E-state index is 6.14. The molecule has 3 N–H and O–H groups in total. The molecule has 1 aliphatic rings. The monoisotopic (exact) mass is 441 g/mol. The lowest BCUT2D eigenvalue weighted by Gasteiger charge is -2.35. The van der Waals surface area contributed by atoms with Gasteiger partial charge in [-0.3, -0.25) is 15.2 Å². The van der Waals surface area contributed by atoms with Crippen LogP contribution in [0.4, 0.5) is 5.69 Å². The molecule has 0 radical (unpaired) electrons.